The number of fused-ring (bicyclic) bond motifs is 4. The smallest absolute Gasteiger partial charge is 0.138 e. The Balaban J connectivity index is 1.01. The highest BCUT2D eigenvalue weighted by Gasteiger charge is 2.28. The van der Waals surface area contributed by atoms with Gasteiger partial charge in [0.05, 0.1) is 22.4 Å². The molecular weight excluding hydrogens is 757 g/mol. The maximum Gasteiger partial charge on any atom is 0.138 e. The maximum atomic E-state index is 6.79. The topological polar surface area (TPSA) is 33.5 Å². The highest BCUT2D eigenvalue weighted by molar-refractivity contribution is 6.10. The Morgan fingerprint density at radius 3 is 1.85 bits per heavy atom. The first-order chi connectivity index (χ1) is 29.9. The quantitative estimate of drug-likeness (QED) is 0.161. The number of hydrogen-bond donors (Lipinski definition) is 0. The Morgan fingerprint density at radius 1 is 0.484 bits per heavy atom. The fraction of sp³-hybridized carbons (Fsp3) is 0.175. The van der Waals surface area contributed by atoms with Gasteiger partial charge in [-0.2, -0.15) is 0 Å². The highest BCUT2D eigenvalue weighted by Crippen LogP contribution is 2.46. The molecule has 5 heteroatoms. The summed E-state index contributed by atoms with van der Waals surface area (Å²) in [7, 11) is 0. The fourth-order valence-corrected chi connectivity index (χ4v) is 8.93. The molecule has 306 valence electrons. The first kappa shape index (κ1) is 39.1. The van der Waals surface area contributed by atoms with E-state index in [0.29, 0.717) is 6.67 Å². The molecule has 0 N–H and O–H groups in total. The van der Waals surface area contributed by atoms with Crippen LogP contribution < -0.4 is 14.5 Å². The van der Waals surface area contributed by atoms with Crippen LogP contribution in [0.15, 0.2) is 176 Å². The van der Waals surface area contributed by atoms with Gasteiger partial charge in [-0.1, -0.05) is 126 Å². The lowest BCUT2D eigenvalue weighted by atomic mass is 9.84. The molecule has 0 fully saturated rings. The molecule has 0 unspecified atom stereocenters. The molecule has 0 radical (unpaired) electrons. The molecule has 1 aliphatic rings. The molecule has 10 rings (SSSR count). The number of pyridine rings is 1. The van der Waals surface area contributed by atoms with E-state index in [4.69, 9.17) is 9.72 Å². The summed E-state index contributed by atoms with van der Waals surface area (Å²) in [5, 5.41) is 2.36. The van der Waals surface area contributed by atoms with Crippen LogP contribution in [0, 0.1) is 6.92 Å². The monoisotopic (exact) mass is 808 g/mol. The molecule has 0 saturated heterocycles. The second kappa shape index (κ2) is 15.1. The van der Waals surface area contributed by atoms with E-state index in [1.807, 2.05) is 12.3 Å². The second-order valence-corrected chi connectivity index (χ2v) is 18.7. The number of rotatable bonds is 7. The van der Waals surface area contributed by atoms with Gasteiger partial charge in [-0.3, -0.25) is 4.57 Å². The summed E-state index contributed by atoms with van der Waals surface area (Å²) in [5.74, 6) is 2.41. The Morgan fingerprint density at radius 2 is 1.13 bits per heavy atom. The van der Waals surface area contributed by atoms with Crippen LogP contribution >= 0.6 is 0 Å². The minimum Gasteiger partial charge on any atom is -0.457 e. The molecule has 0 saturated carbocycles. The number of anilines is 4. The van der Waals surface area contributed by atoms with E-state index in [2.05, 4.69) is 227 Å². The van der Waals surface area contributed by atoms with E-state index >= 15 is 0 Å². The lowest BCUT2D eigenvalue weighted by Crippen LogP contribution is -2.23. The fourth-order valence-electron chi connectivity index (χ4n) is 8.93. The zero-order valence-electron chi connectivity index (χ0n) is 36.6. The van der Waals surface area contributed by atoms with Crippen LogP contribution in [-0.4, -0.2) is 16.2 Å². The number of nitrogens with zero attached hydrogens (tertiary/aromatic N) is 4. The van der Waals surface area contributed by atoms with Crippen LogP contribution in [0.1, 0.15) is 58.2 Å². The number of benzene rings is 7. The molecule has 7 aromatic carbocycles. The maximum absolute atomic E-state index is 6.79. The summed E-state index contributed by atoms with van der Waals surface area (Å²) in [4.78, 5) is 9.76. The predicted molar refractivity (Wildman–Crippen MR) is 260 cm³/mol. The van der Waals surface area contributed by atoms with Crippen molar-refractivity contribution in [3.05, 3.63) is 193 Å². The van der Waals surface area contributed by atoms with Crippen molar-refractivity contribution in [2.24, 2.45) is 0 Å². The van der Waals surface area contributed by atoms with Crippen LogP contribution in [0.2, 0.25) is 0 Å². The molecule has 1 aliphatic heterocycles. The third-order valence-corrected chi connectivity index (χ3v) is 12.4. The van der Waals surface area contributed by atoms with E-state index in [1.165, 1.54) is 44.5 Å². The van der Waals surface area contributed by atoms with Crippen LogP contribution in [0.4, 0.5) is 22.7 Å². The summed E-state index contributed by atoms with van der Waals surface area (Å²) in [6, 6.07) is 61.0. The largest absolute Gasteiger partial charge is 0.457 e. The number of para-hydroxylation sites is 2. The third-order valence-electron chi connectivity index (χ3n) is 12.4. The molecule has 0 bridgehead atoms. The molecular formula is C57H52N4O. The minimum absolute atomic E-state index is 0.00464. The number of ether oxygens (including phenoxy) is 1. The van der Waals surface area contributed by atoms with Crippen molar-refractivity contribution in [1.29, 1.82) is 0 Å². The molecule has 9 aromatic rings. The summed E-state index contributed by atoms with van der Waals surface area (Å²) < 4.78 is 9.09. The molecule has 3 heterocycles. The van der Waals surface area contributed by atoms with Gasteiger partial charge in [-0.15, -0.1) is 0 Å². The van der Waals surface area contributed by atoms with E-state index in [1.54, 1.807) is 0 Å². The Hall–Kier alpha value is -7.11. The first-order valence-corrected chi connectivity index (χ1v) is 21.6. The molecule has 0 spiro atoms. The summed E-state index contributed by atoms with van der Waals surface area (Å²) >= 11 is 0. The van der Waals surface area contributed by atoms with Gasteiger partial charge in [0, 0.05) is 40.5 Å². The SMILES string of the molecule is Cc1cc(C(C)(C)C)ccc1-c1ccnc(-n2c3ccc(C(C)(C)C)cc3c3ccc(Oc4cccc(N5CN(c6cccc(-c7ccccc7)c6)c6ccccc65)c4)cc32)c1. The zero-order chi connectivity index (χ0) is 42.8. The van der Waals surface area contributed by atoms with Gasteiger partial charge in [0.1, 0.15) is 24.0 Å². The van der Waals surface area contributed by atoms with E-state index in [-0.39, 0.29) is 10.8 Å². The number of hydrogen-bond acceptors (Lipinski definition) is 4. The second-order valence-electron chi connectivity index (χ2n) is 18.7. The Labute approximate surface area is 365 Å². The summed E-state index contributed by atoms with van der Waals surface area (Å²) in [6.45, 7) is 16.5. The van der Waals surface area contributed by atoms with E-state index < -0.39 is 0 Å². The van der Waals surface area contributed by atoms with Crippen molar-refractivity contribution in [1.82, 2.24) is 9.55 Å². The van der Waals surface area contributed by atoms with Crippen molar-refractivity contribution in [2.45, 2.75) is 59.3 Å². The van der Waals surface area contributed by atoms with Gasteiger partial charge in [-0.05, 0) is 129 Å². The van der Waals surface area contributed by atoms with Crippen molar-refractivity contribution < 1.29 is 4.74 Å². The molecule has 0 amide bonds. The average Bonchev–Trinajstić information content (AvgIpc) is 3.82. The molecule has 5 nitrogen and oxygen atoms in total. The third kappa shape index (κ3) is 7.17. The summed E-state index contributed by atoms with van der Waals surface area (Å²) in [5.41, 5.74) is 15.4. The molecule has 62 heavy (non-hydrogen) atoms. The highest BCUT2D eigenvalue weighted by atomic mass is 16.5. The van der Waals surface area contributed by atoms with Gasteiger partial charge in [0.25, 0.3) is 0 Å². The first-order valence-electron chi connectivity index (χ1n) is 21.6. The van der Waals surface area contributed by atoms with Gasteiger partial charge in [0.15, 0.2) is 0 Å². The van der Waals surface area contributed by atoms with Crippen molar-refractivity contribution in [3.8, 4) is 39.6 Å². The molecule has 0 aliphatic carbocycles. The minimum atomic E-state index is 0.00464. The van der Waals surface area contributed by atoms with Gasteiger partial charge < -0.3 is 14.5 Å². The van der Waals surface area contributed by atoms with Gasteiger partial charge >= 0.3 is 0 Å². The molecule has 2 aromatic heterocycles. The standard InChI is InChI=1S/C57H52N4O/c1-38-31-42(56(2,3)4)23-26-48(38)41-29-30-58-55(33-41)61-51-28-24-43(57(5,6)7)34-50(51)49-27-25-47(36-54(49)61)62-46-20-14-19-45(35-46)60-37-59(52-21-11-12-22-53(52)60)44-18-13-17-40(32-44)39-15-9-8-10-16-39/h8-36H,37H2,1-7H3. The lowest BCUT2D eigenvalue weighted by molar-refractivity contribution is 0.483. The van der Waals surface area contributed by atoms with E-state index in [9.17, 15) is 0 Å². The van der Waals surface area contributed by atoms with Crippen LogP contribution in [0.25, 0.3) is 49.9 Å². The van der Waals surface area contributed by atoms with Crippen LogP contribution in [0.3, 0.4) is 0 Å². The van der Waals surface area contributed by atoms with Crippen LogP contribution in [-0.2, 0) is 10.8 Å². The van der Waals surface area contributed by atoms with E-state index in [0.717, 1.165) is 56.4 Å². The van der Waals surface area contributed by atoms with Crippen molar-refractivity contribution in [2.75, 3.05) is 16.5 Å². The van der Waals surface area contributed by atoms with Crippen molar-refractivity contribution in [3.63, 3.8) is 0 Å². The number of aryl methyl sites for hydroxylation is 1. The Kier molecular flexibility index (Phi) is 9.52. The molecule has 0 atom stereocenters. The van der Waals surface area contributed by atoms with Crippen molar-refractivity contribution >= 4 is 44.6 Å². The average molecular weight is 809 g/mol. The predicted octanol–water partition coefficient (Wildman–Crippen LogP) is 15.5. The lowest BCUT2D eigenvalue weighted by Gasteiger charge is -2.23. The van der Waals surface area contributed by atoms with Crippen LogP contribution in [0.5, 0.6) is 11.5 Å². The number of aromatic nitrogens is 2. The zero-order valence-corrected chi connectivity index (χ0v) is 36.6. The summed E-state index contributed by atoms with van der Waals surface area (Å²) in [6.07, 6.45) is 1.94. The Bertz CT molecular complexity index is 3130. The van der Waals surface area contributed by atoms with Gasteiger partial charge in [0.2, 0.25) is 0 Å². The normalized spacial score (nSPS) is 13.0. The van der Waals surface area contributed by atoms with Gasteiger partial charge in [-0.25, -0.2) is 4.98 Å².